The van der Waals surface area contributed by atoms with Crippen LogP contribution in [0.3, 0.4) is 0 Å². The van der Waals surface area contributed by atoms with Crippen molar-refractivity contribution in [1.82, 2.24) is 0 Å². The zero-order chi connectivity index (χ0) is 10.2. The molecule has 2 fully saturated rings. The summed E-state index contributed by atoms with van der Waals surface area (Å²) >= 11 is 0. The zero-order valence-electron chi connectivity index (χ0n) is 8.02. The van der Waals surface area contributed by atoms with Gasteiger partial charge >= 0.3 is 6.18 Å². The van der Waals surface area contributed by atoms with Crippen molar-refractivity contribution in [3.63, 3.8) is 0 Å². The maximum Gasteiger partial charge on any atom is 0.389 e. The fourth-order valence-electron chi connectivity index (χ4n) is 2.74. The summed E-state index contributed by atoms with van der Waals surface area (Å²) in [6.45, 7) is 0.744. The number of alkyl halides is 3. The lowest BCUT2D eigenvalue weighted by molar-refractivity contribution is -0.149. The fraction of sp³-hybridized carbons (Fsp3) is 1.00. The van der Waals surface area contributed by atoms with Gasteiger partial charge in [-0.15, -0.1) is 0 Å². The molecule has 0 aromatic rings. The Kier molecular flexibility index (Phi) is 2.73. The van der Waals surface area contributed by atoms with E-state index in [9.17, 15) is 13.2 Å². The minimum Gasteiger partial charge on any atom is -0.378 e. The highest BCUT2D eigenvalue weighted by Gasteiger charge is 2.39. The zero-order valence-corrected chi connectivity index (χ0v) is 8.02. The quantitative estimate of drug-likeness (QED) is 0.643. The van der Waals surface area contributed by atoms with E-state index >= 15 is 0 Å². The Hall–Kier alpha value is -0.250. The lowest BCUT2D eigenvalue weighted by Crippen LogP contribution is -2.28. The number of ether oxygens (including phenoxy) is 1. The van der Waals surface area contributed by atoms with Crippen LogP contribution in [0.4, 0.5) is 13.2 Å². The predicted molar refractivity (Wildman–Crippen MR) is 45.9 cm³/mol. The second-order valence-electron chi connectivity index (χ2n) is 4.46. The average Bonchev–Trinajstić information content (AvgIpc) is 2.47. The number of hydrogen-bond donors (Lipinski definition) is 0. The van der Waals surface area contributed by atoms with Crippen LogP contribution < -0.4 is 0 Å². The van der Waals surface area contributed by atoms with Crippen molar-refractivity contribution < 1.29 is 17.9 Å². The molecular formula is C10H15F3O. The SMILES string of the molecule is FC(F)(F)C[C@@H]1CC[C@@H]2OCC[C@@H]2C1. The molecule has 1 heterocycles. The molecule has 0 aromatic heterocycles. The van der Waals surface area contributed by atoms with Crippen molar-refractivity contribution in [3.8, 4) is 0 Å². The molecule has 1 aliphatic carbocycles. The minimum absolute atomic E-state index is 0.155. The summed E-state index contributed by atoms with van der Waals surface area (Å²) in [6.07, 6.45) is -1.15. The van der Waals surface area contributed by atoms with Gasteiger partial charge in [0.05, 0.1) is 6.10 Å². The molecule has 4 heteroatoms. The highest BCUT2D eigenvalue weighted by Crippen LogP contribution is 2.41. The van der Waals surface area contributed by atoms with Gasteiger partial charge in [0.15, 0.2) is 0 Å². The second kappa shape index (κ2) is 3.72. The molecule has 1 saturated carbocycles. The van der Waals surface area contributed by atoms with Crippen molar-refractivity contribution >= 4 is 0 Å². The molecule has 0 spiro atoms. The van der Waals surface area contributed by atoms with E-state index in [4.69, 9.17) is 4.74 Å². The van der Waals surface area contributed by atoms with Gasteiger partial charge in [0.1, 0.15) is 0 Å². The number of halogens is 3. The molecule has 14 heavy (non-hydrogen) atoms. The van der Waals surface area contributed by atoms with E-state index in [1.165, 1.54) is 0 Å². The van der Waals surface area contributed by atoms with E-state index in [1.54, 1.807) is 0 Å². The van der Waals surface area contributed by atoms with Crippen LogP contribution in [-0.2, 0) is 4.74 Å². The summed E-state index contributed by atoms with van der Waals surface area (Å²) in [5, 5.41) is 0. The van der Waals surface area contributed by atoms with E-state index in [1.807, 2.05) is 0 Å². The largest absolute Gasteiger partial charge is 0.389 e. The molecule has 1 saturated heterocycles. The van der Waals surface area contributed by atoms with Gasteiger partial charge in [-0.3, -0.25) is 0 Å². The molecule has 1 aliphatic heterocycles. The minimum atomic E-state index is -3.99. The molecule has 0 bridgehead atoms. The van der Waals surface area contributed by atoms with Gasteiger partial charge in [-0.2, -0.15) is 13.2 Å². The first-order valence-corrected chi connectivity index (χ1v) is 5.23. The highest BCUT2D eigenvalue weighted by atomic mass is 19.4. The van der Waals surface area contributed by atoms with E-state index in [0.717, 1.165) is 19.4 Å². The highest BCUT2D eigenvalue weighted by molar-refractivity contribution is 4.85. The van der Waals surface area contributed by atoms with Gasteiger partial charge in [0.2, 0.25) is 0 Å². The van der Waals surface area contributed by atoms with Gasteiger partial charge in [0.25, 0.3) is 0 Å². The van der Waals surface area contributed by atoms with Gasteiger partial charge in [-0.1, -0.05) is 0 Å². The Balaban J connectivity index is 1.85. The predicted octanol–water partition coefficient (Wildman–Crippen LogP) is 3.14. The van der Waals surface area contributed by atoms with Crippen LogP contribution in [0.1, 0.15) is 32.1 Å². The van der Waals surface area contributed by atoms with Gasteiger partial charge in [0, 0.05) is 13.0 Å². The normalized spacial score (nSPS) is 38.4. The first-order valence-electron chi connectivity index (χ1n) is 5.23. The van der Waals surface area contributed by atoms with E-state index in [0.29, 0.717) is 18.8 Å². The van der Waals surface area contributed by atoms with Gasteiger partial charge < -0.3 is 4.74 Å². The fourth-order valence-corrected chi connectivity index (χ4v) is 2.74. The summed E-state index contributed by atoms with van der Waals surface area (Å²) in [7, 11) is 0. The Morgan fingerprint density at radius 3 is 2.64 bits per heavy atom. The van der Waals surface area contributed by atoms with Gasteiger partial charge in [-0.25, -0.2) is 0 Å². The second-order valence-corrected chi connectivity index (χ2v) is 4.46. The summed E-state index contributed by atoms with van der Waals surface area (Å²) in [6, 6.07) is 0. The molecule has 82 valence electrons. The van der Waals surface area contributed by atoms with Crippen LogP contribution >= 0.6 is 0 Å². The molecule has 0 unspecified atom stereocenters. The van der Waals surface area contributed by atoms with Crippen LogP contribution in [-0.4, -0.2) is 18.9 Å². The molecule has 0 amide bonds. The number of fused-ring (bicyclic) bond motifs is 1. The number of rotatable bonds is 1. The van der Waals surface area contributed by atoms with Crippen LogP contribution in [0.15, 0.2) is 0 Å². The Bertz CT molecular complexity index is 202. The molecule has 0 radical (unpaired) electrons. The molecule has 3 atom stereocenters. The van der Waals surface area contributed by atoms with Crippen molar-refractivity contribution in [3.05, 3.63) is 0 Å². The maximum atomic E-state index is 12.2. The first-order chi connectivity index (χ1) is 6.54. The molecule has 1 nitrogen and oxygen atoms in total. The van der Waals surface area contributed by atoms with Crippen LogP contribution in [0, 0.1) is 11.8 Å². The molecule has 2 rings (SSSR count). The third kappa shape index (κ3) is 2.41. The summed E-state index contributed by atoms with van der Waals surface area (Å²) in [5.41, 5.74) is 0. The van der Waals surface area contributed by atoms with Crippen molar-refractivity contribution in [1.29, 1.82) is 0 Å². The number of hydrogen-bond acceptors (Lipinski definition) is 1. The van der Waals surface area contributed by atoms with Crippen molar-refractivity contribution in [2.45, 2.75) is 44.4 Å². The standard InChI is InChI=1S/C10H15F3O/c11-10(12,13)6-7-1-2-9-8(5-7)3-4-14-9/h7-9H,1-6H2/t7-,8-,9+/m1/s1. The van der Waals surface area contributed by atoms with Crippen LogP contribution in [0.2, 0.25) is 0 Å². The van der Waals surface area contributed by atoms with E-state index in [2.05, 4.69) is 0 Å². The Morgan fingerprint density at radius 1 is 1.14 bits per heavy atom. The topological polar surface area (TPSA) is 9.23 Å². The van der Waals surface area contributed by atoms with E-state index < -0.39 is 12.6 Å². The third-order valence-corrected chi connectivity index (χ3v) is 3.36. The van der Waals surface area contributed by atoms with Crippen LogP contribution in [0.25, 0.3) is 0 Å². The first kappa shape index (κ1) is 10.3. The molecule has 0 N–H and O–H groups in total. The Labute approximate surface area is 81.6 Å². The Morgan fingerprint density at radius 2 is 1.93 bits per heavy atom. The smallest absolute Gasteiger partial charge is 0.378 e. The van der Waals surface area contributed by atoms with Crippen LogP contribution in [0.5, 0.6) is 0 Å². The summed E-state index contributed by atoms with van der Waals surface area (Å²) < 4.78 is 41.9. The lowest BCUT2D eigenvalue weighted by atomic mass is 9.78. The van der Waals surface area contributed by atoms with Crippen molar-refractivity contribution in [2.75, 3.05) is 6.61 Å². The average molecular weight is 208 g/mol. The summed E-state index contributed by atoms with van der Waals surface area (Å²) in [5.74, 6) is 0.244. The molecular weight excluding hydrogens is 193 g/mol. The lowest BCUT2D eigenvalue weighted by Gasteiger charge is -2.31. The van der Waals surface area contributed by atoms with Crippen molar-refractivity contribution in [2.24, 2.45) is 11.8 Å². The molecule has 0 aromatic carbocycles. The monoisotopic (exact) mass is 208 g/mol. The van der Waals surface area contributed by atoms with Gasteiger partial charge in [-0.05, 0) is 37.5 Å². The van der Waals surface area contributed by atoms with E-state index in [-0.39, 0.29) is 12.0 Å². The maximum absolute atomic E-state index is 12.2. The summed E-state index contributed by atoms with van der Waals surface area (Å²) in [4.78, 5) is 0. The third-order valence-electron chi connectivity index (χ3n) is 3.36. The molecule has 2 aliphatic rings.